The highest BCUT2D eigenvalue weighted by Crippen LogP contribution is 2.47. The van der Waals surface area contributed by atoms with Gasteiger partial charge in [0, 0.05) is 42.4 Å². The van der Waals surface area contributed by atoms with Crippen molar-refractivity contribution in [1.29, 1.82) is 0 Å². The van der Waals surface area contributed by atoms with Gasteiger partial charge >= 0.3 is 11.9 Å². The third-order valence-corrected chi connectivity index (χ3v) is 7.07. The molecule has 0 bridgehead atoms. The molecule has 3 N–H and O–H groups in total. The Morgan fingerprint density at radius 1 is 1.14 bits per heavy atom. The molecule has 1 aliphatic carbocycles. The summed E-state index contributed by atoms with van der Waals surface area (Å²) in [7, 11) is 1.54. The van der Waals surface area contributed by atoms with Crippen LogP contribution < -0.4 is 14.8 Å². The monoisotopic (exact) mass is 501 g/mol. The lowest BCUT2D eigenvalue weighted by Crippen LogP contribution is -2.42. The van der Waals surface area contributed by atoms with Gasteiger partial charge in [0.2, 0.25) is 0 Å². The largest absolute Gasteiger partial charge is 0.493 e. The fraction of sp³-hybridized carbons (Fsp3) is 0.577. The van der Waals surface area contributed by atoms with E-state index >= 15 is 0 Å². The number of methoxy groups -OCH3 is 1. The molecule has 1 aliphatic heterocycles. The summed E-state index contributed by atoms with van der Waals surface area (Å²) in [5.74, 6) is -1.76. The zero-order chi connectivity index (χ0) is 25.7. The molecule has 2 aromatic rings. The number of benzene rings is 1. The van der Waals surface area contributed by atoms with E-state index < -0.39 is 17.4 Å². The fourth-order valence-corrected chi connectivity index (χ4v) is 5.24. The molecule has 10 nitrogen and oxygen atoms in total. The van der Waals surface area contributed by atoms with Gasteiger partial charge in [-0.25, -0.2) is 0 Å². The van der Waals surface area contributed by atoms with Gasteiger partial charge in [0.25, 0.3) is 0 Å². The molecule has 0 unspecified atom stereocenters. The Morgan fingerprint density at radius 2 is 1.89 bits per heavy atom. The van der Waals surface area contributed by atoms with E-state index in [1.165, 1.54) is 12.8 Å². The van der Waals surface area contributed by atoms with Crippen LogP contribution in [0.25, 0.3) is 10.9 Å². The lowest BCUT2D eigenvalue weighted by atomic mass is 9.81. The van der Waals surface area contributed by atoms with Crippen LogP contribution in [0.1, 0.15) is 43.9 Å². The van der Waals surface area contributed by atoms with Crippen LogP contribution >= 0.6 is 0 Å². The molecule has 0 saturated carbocycles. The number of aryl methyl sites for hydroxylation is 1. The van der Waals surface area contributed by atoms with Gasteiger partial charge in [0.1, 0.15) is 0 Å². The van der Waals surface area contributed by atoms with E-state index in [4.69, 9.17) is 19.2 Å². The maximum atomic E-state index is 12.3. The molecule has 0 amide bonds. The molecule has 2 heterocycles. The number of carboxylic acid groups (broad SMARTS) is 2. The Morgan fingerprint density at radius 3 is 2.56 bits per heavy atom. The summed E-state index contributed by atoms with van der Waals surface area (Å²) in [5.41, 5.74) is -0.364. The summed E-state index contributed by atoms with van der Waals surface area (Å²) in [4.78, 5) is 31.7. The van der Waals surface area contributed by atoms with E-state index in [0.717, 1.165) is 26.1 Å². The van der Waals surface area contributed by atoms with Gasteiger partial charge in [0.05, 0.1) is 31.5 Å². The summed E-state index contributed by atoms with van der Waals surface area (Å²) in [6, 6.07) is 3.54. The third-order valence-electron chi connectivity index (χ3n) is 7.07. The highest BCUT2D eigenvalue weighted by atomic mass is 16.5. The number of hydrogen-bond donors (Lipinski definition) is 3. The molecule has 36 heavy (non-hydrogen) atoms. The number of carboxylic acids is 2. The minimum atomic E-state index is -2.07. The van der Waals surface area contributed by atoms with Gasteiger partial charge in [-0.3, -0.25) is 14.6 Å². The van der Waals surface area contributed by atoms with Gasteiger partial charge in [-0.1, -0.05) is 0 Å². The molecule has 196 valence electrons. The minimum Gasteiger partial charge on any atom is -0.493 e. The van der Waals surface area contributed by atoms with Gasteiger partial charge in [-0.05, 0) is 58.2 Å². The first-order valence-corrected chi connectivity index (χ1v) is 12.6. The quantitative estimate of drug-likeness (QED) is 0.278. The molecule has 2 aliphatic rings. The van der Waals surface area contributed by atoms with Crippen molar-refractivity contribution >= 4 is 28.5 Å². The molecule has 0 atom stereocenters. The summed E-state index contributed by atoms with van der Waals surface area (Å²) >= 11 is 0. The van der Waals surface area contributed by atoms with Crippen LogP contribution in [0.15, 0.2) is 12.1 Å². The lowest BCUT2D eigenvalue weighted by molar-refractivity contribution is -0.157. The van der Waals surface area contributed by atoms with Crippen LogP contribution in [0, 0.1) is 0 Å². The van der Waals surface area contributed by atoms with Gasteiger partial charge < -0.3 is 34.6 Å². The first-order chi connectivity index (χ1) is 17.4. The van der Waals surface area contributed by atoms with Crippen LogP contribution in [-0.2, 0) is 26.2 Å². The predicted octanol–water partition coefficient (Wildman–Crippen LogP) is 2.91. The number of aliphatic carboxylic acids is 2. The number of aromatic nitrogens is 1. The van der Waals surface area contributed by atoms with E-state index in [2.05, 4.69) is 10.2 Å². The summed E-state index contributed by atoms with van der Waals surface area (Å²) in [6.07, 6.45) is 3.58. The predicted molar refractivity (Wildman–Crippen MR) is 134 cm³/mol. The molecule has 1 aromatic carbocycles. The smallest absolute Gasteiger partial charge is 0.325 e. The minimum absolute atomic E-state index is 0.0620. The maximum absolute atomic E-state index is 12.3. The van der Waals surface area contributed by atoms with Gasteiger partial charge in [0.15, 0.2) is 16.9 Å². The van der Waals surface area contributed by atoms with E-state index in [-0.39, 0.29) is 18.4 Å². The Balaban J connectivity index is 1.71. The van der Waals surface area contributed by atoms with E-state index in [9.17, 15) is 19.8 Å². The first kappa shape index (κ1) is 26.0. The van der Waals surface area contributed by atoms with E-state index in [1.807, 2.05) is 6.92 Å². The standard InChI is InChI=1S/C26H35N3O7/c1-3-35-14-9-27-23-17-15-20(34-2)21(36-13-6-12-29-10-4-5-11-29)16-19(17)28-18-7-8-26(22(18)23,24(30)31)25(32)33/h15-16H,3-14H2,1-2H3,(H,27,28)(H,30,31)(H,32,33). The molecule has 1 fully saturated rings. The maximum Gasteiger partial charge on any atom is 0.325 e. The highest BCUT2D eigenvalue weighted by Gasteiger charge is 2.55. The summed E-state index contributed by atoms with van der Waals surface area (Å²) in [6.45, 7) is 6.99. The Labute approximate surface area is 210 Å². The van der Waals surface area contributed by atoms with Crippen molar-refractivity contribution in [1.82, 2.24) is 9.88 Å². The number of anilines is 1. The topological polar surface area (TPSA) is 130 Å². The molecule has 4 rings (SSSR count). The second kappa shape index (κ2) is 11.3. The number of rotatable bonds is 13. The highest BCUT2D eigenvalue weighted by molar-refractivity contribution is 6.10. The molecule has 1 saturated heterocycles. The SMILES string of the molecule is CCOCCNc1c2c(nc3cc(OCCCN4CCCC4)c(OC)cc13)CCC2(C(=O)O)C(=O)O. The van der Waals surface area contributed by atoms with Crippen molar-refractivity contribution in [2.45, 2.75) is 44.4 Å². The molecular weight excluding hydrogens is 466 g/mol. The number of nitrogens with zero attached hydrogens (tertiary/aromatic N) is 2. The Kier molecular flexibility index (Phi) is 8.15. The van der Waals surface area contributed by atoms with Crippen molar-refractivity contribution in [2.24, 2.45) is 0 Å². The zero-order valence-corrected chi connectivity index (χ0v) is 21.0. The Bertz CT molecular complexity index is 1100. The van der Waals surface area contributed by atoms with Crippen molar-refractivity contribution in [3.8, 4) is 11.5 Å². The second-order valence-corrected chi connectivity index (χ2v) is 9.22. The number of carbonyl (C=O) groups is 2. The van der Waals surface area contributed by atoms with Crippen molar-refractivity contribution in [3.05, 3.63) is 23.4 Å². The van der Waals surface area contributed by atoms with Crippen molar-refractivity contribution < 1.29 is 34.0 Å². The fourth-order valence-electron chi connectivity index (χ4n) is 5.24. The third kappa shape index (κ3) is 4.92. The number of hydrogen-bond acceptors (Lipinski definition) is 8. The molecule has 10 heteroatoms. The summed E-state index contributed by atoms with van der Waals surface area (Å²) in [5, 5.41) is 23.9. The summed E-state index contributed by atoms with van der Waals surface area (Å²) < 4.78 is 17.1. The zero-order valence-electron chi connectivity index (χ0n) is 21.0. The lowest BCUT2D eigenvalue weighted by Gasteiger charge is -2.25. The van der Waals surface area contributed by atoms with E-state index in [1.54, 1.807) is 19.2 Å². The number of likely N-dealkylation sites (tertiary alicyclic amines) is 1. The Hall–Kier alpha value is -3.11. The first-order valence-electron chi connectivity index (χ1n) is 12.6. The van der Waals surface area contributed by atoms with Crippen LogP contribution in [0.2, 0.25) is 0 Å². The number of ether oxygens (including phenoxy) is 3. The van der Waals surface area contributed by atoms with E-state index in [0.29, 0.717) is 60.1 Å². The molecule has 1 aromatic heterocycles. The van der Waals surface area contributed by atoms with Crippen LogP contribution in [-0.4, -0.2) is 85.1 Å². The molecule has 0 spiro atoms. The van der Waals surface area contributed by atoms with Crippen LogP contribution in [0.5, 0.6) is 11.5 Å². The van der Waals surface area contributed by atoms with Crippen molar-refractivity contribution in [2.75, 3.05) is 58.4 Å². The number of pyridine rings is 1. The number of nitrogens with one attached hydrogen (secondary N) is 1. The average Bonchev–Trinajstić information content (AvgIpc) is 3.52. The normalized spacial score (nSPS) is 16.7. The van der Waals surface area contributed by atoms with Crippen molar-refractivity contribution in [3.63, 3.8) is 0 Å². The van der Waals surface area contributed by atoms with Crippen LogP contribution in [0.3, 0.4) is 0 Å². The van der Waals surface area contributed by atoms with Gasteiger partial charge in [-0.2, -0.15) is 0 Å². The number of fused-ring (bicyclic) bond motifs is 2. The van der Waals surface area contributed by atoms with Gasteiger partial charge in [-0.15, -0.1) is 0 Å². The molecular formula is C26H35N3O7. The average molecular weight is 502 g/mol. The molecule has 0 radical (unpaired) electrons. The second-order valence-electron chi connectivity index (χ2n) is 9.22. The van der Waals surface area contributed by atoms with Crippen LogP contribution in [0.4, 0.5) is 5.69 Å².